The van der Waals surface area contributed by atoms with E-state index in [4.69, 9.17) is 0 Å². The first-order chi connectivity index (χ1) is 6.92. The van der Waals surface area contributed by atoms with Crippen LogP contribution in [0.3, 0.4) is 0 Å². The van der Waals surface area contributed by atoms with Crippen LogP contribution < -0.4 is 4.90 Å². The van der Waals surface area contributed by atoms with Gasteiger partial charge in [-0.2, -0.15) is 0 Å². The Hall–Kier alpha value is -0.990. The maximum Gasteiger partial charge on any atom is 0.202 e. The number of aromatic nitrogens is 2. The molecule has 1 unspecified atom stereocenters. The predicted molar refractivity (Wildman–Crippen MR) is 58.5 cm³/mol. The molecule has 14 heavy (non-hydrogen) atoms. The van der Waals surface area contributed by atoms with Crippen LogP contribution in [-0.4, -0.2) is 22.6 Å². The molecule has 2 heterocycles. The number of imidazole rings is 1. The Morgan fingerprint density at radius 2 is 2.50 bits per heavy atom. The first-order valence-corrected chi connectivity index (χ1v) is 5.68. The molecule has 1 atom stereocenters. The largest absolute Gasteiger partial charge is 0.339 e. The summed E-state index contributed by atoms with van der Waals surface area (Å²) < 4.78 is 0. The first kappa shape index (κ1) is 9.56. The van der Waals surface area contributed by atoms with Gasteiger partial charge in [0.25, 0.3) is 0 Å². The van der Waals surface area contributed by atoms with Crippen LogP contribution in [0, 0.1) is 0 Å². The second kappa shape index (κ2) is 4.49. The van der Waals surface area contributed by atoms with Crippen molar-refractivity contribution in [1.82, 2.24) is 9.97 Å². The third-order valence-electron chi connectivity index (χ3n) is 3.00. The van der Waals surface area contributed by atoms with E-state index in [1.165, 1.54) is 32.1 Å². The Morgan fingerprint density at radius 1 is 1.57 bits per heavy atom. The Morgan fingerprint density at radius 3 is 3.21 bits per heavy atom. The number of hydrogen-bond acceptors (Lipinski definition) is 2. The van der Waals surface area contributed by atoms with Gasteiger partial charge in [0, 0.05) is 25.0 Å². The molecule has 0 saturated carbocycles. The van der Waals surface area contributed by atoms with Crippen LogP contribution in [0.15, 0.2) is 12.4 Å². The van der Waals surface area contributed by atoms with E-state index >= 15 is 0 Å². The molecule has 0 aromatic carbocycles. The lowest BCUT2D eigenvalue weighted by Gasteiger charge is -2.35. The lowest BCUT2D eigenvalue weighted by molar-refractivity contribution is 0.429. The highest BCUT2D eigenvalue weighted by molar-refractivity contribution is 5.31. The van der Waals surface area contributed by atoms with Gasteiger partial charge in [0.1, 0.15) is 0 Å². The van der Waals surface area contributed by atoms with Crippen LogP contribution in [-0.2, 0) is 0 Å². The van der Waals surface area contributed by atoms with Gasteiger partial charge in [-0.3, -0.25) is 0 Å². The van der Waals surface area contributed by atoms with Crippen molar-refractivity contribution in [2.24, 2.45) is 0 Å². The van der Waals surface area contributed by atoms with Crippen LogP contribution in [0.5, 0.6) is 0 Å². The van der Waals surface area contributed by atoms with Crippen molar-refractivity contribution >= 4 is 5.95 Å². The van der Waals surface area contributed by atoms with E-state index in [0.29, 0.717) is 6.04 Å². The predicted octanol–water partition coefficient (Wildman–Crippen LogP) is 2.57. The molecule has 0 bridgehead atoms. The Kier molecular flexibility index (Phi) is 3.07. The molecule has 3 heteroatoms. The average molecular weight is 193 g/mol. The number of piperidine rings is 1. The van der Waals surface area contributed by atoms with Gasteiger partial charge in [-0.15, -0.1) is 0 Å². The lowest BCUT2D eigenvalue weighted by atomic mass is 9.99. The van der Waals surface area contributed by atoms with Crippen molar-refractivity contribution in [3.63, 3.8) is 0 Å². The first-order valence-electron chi connectivity index (χ1n) is 5.68. The number of aromatic amines is 1. The SMILES string of the molecule is CCCC1CCCCN1c1ncc[nH]1. The van der Waals surface area contributed by atoms with Gasteiger partial charge in [-0.05, 0) is 25.7 Å². The molecule has 0 spiro atoms. The van der Waals surface area contributed by atoms with E-state index in [1.807, 2.05) is 12.4 Å². The van der Waals surface area contributed by atoms with Crippen LogP contribution in [0.1, 0.15) is 39.0 Å². The molecule has 1 fully saturated rings. The molecular weight excluding hydrogens is 174 g/mol. The highest BCUT2D eigenvalue weighted by Gasteiger charge is 2.22. The minimum Gasteiger partial charge on any atom is -0.339 e. The fourth-order valence-corrected chi connectivity index (χ4v) is 2.33. The number of anilines is 1. The van der Waals surface area contributed by atoms with Crippen molar-refractivity contribution in [2.45, 2.75) is 45.1 Å². The van der Waals surface area contributed by atoms with Crippen molar-refractivity contribution in [1.29, 1.82) is 0 Å². The molecular formula is C11H19N3. The Bertz CT molecular complexity index is 254. The minimum atomic E-state index is 0.708. The fraction of sp³-hybridized carbons (Fsp3) is 0.727. The van der Waals surface area contributed by atoms with Crippen molar-refractivity contribution in [2.75, 3.05) is 11.4 Å². The number of nitrogens with one attached hydrogen (secondary N) is 1. The standard InChI is InChI=1S/C11H19N3/c1-2-5-10-6-3-4-9-14(10)11-12-7-8-13-11/h7-8,10H,2-6,9H2,1H3,(H,12,13). The number of rotatable bonds is 3. The summed E-state index contributed by atoms with van der Waals surface area (Å²) in [5, 5.41) is 0. The zero-order chi connectivity index (χ0) is 9.80. The number of hydrogen-bond donors (Lipinski definition) is 1. The van der Waals surface area contributed by atoms with E-state index in [2.05, 4.69) is 21.8 Å². The van der Waals surface area contributed by atoms with Gasteiger partial charge in [0.2, 0.25) is 5.95 Å². The topological polar surface area (TPSA) is 31.9 Å². The van der Waals surface area contributed by atoms with Gasteiger partial charge in [-0.25, -0.2) is 4.98 Å². The third-order valence-corrected chi connectivity index (χ3v) is 3.00. The van der Waals surface area contributed by atoms with Crippen LogP contribution >= 0.6 is 0 Å². The molecule has 0 aliphatic carbocycles. The molecule has 1 N–H and O–H groups in total. The Labute approximate surface area is 85.5 Å². The number of H-pyrrole nitrogens is 1. The normalized spacial score (nSPS) is 22.6. The third kappa shape index (κ3) is 1.91. The monoisotopic (exact) mass is 193 g/mol. The second-order valence-electron chi connectivity index (χ2n) is 4.04. The van der Waals surface area contributed by atoms with Gasteiger partial charge < -0.3 is 9.88 Å². The maximum atomic E-state index is 4.34. The molecule has 1 aliphatic rings. The van der Waals surface area contributed by atoms with E-state index in [-0.39, 0.29) is 0 Å². The molecule has 0 radical (unpaired) electrons. The van der Waals surface area contributed by atoms with Crippen LogP contribution in [0.25, 0.3) is 0 Å². The molecule has 0 amide bonds. The number of nitrogens with zero attached hydrogens (tertiary/aromatic N) is 2. The molecule has 78 valence electrons. The zero-order valence-corrected chi connectivity index (χ0v) is 8.87. The smallest absolute Gasteiger partial charge is 0.202 e. The molecule has 2 rings (SSSR count). The van der Waals surface area contributed by atoms with Gasteiger partial charge >= 0.3 is 0 Å². The minimum absolute atomic E-state index is 0.708. The average Bonchev–Trinajstić information content (AvgIpc) is 2.72. The van der Waals surface area contributed by atoms with Crippen molar-refractivity contribution < 1.29 is 0 Å². The second-order valence-corrected chi connectivity index (χ2v) is 4.04. The molecule has 1 saturated heterocycles. The summed E-state index contributed by atoms with van der Waals surface area (Å²) in [5.74, 6) is 1.06. The van der Waals surface area contributed by atoms with E-state index < -0.39 is 0 Å². The van der Waals surface area contributed by atoms with Gasteiger partial charge in [0.15, 0.2) is 0 Å². The molecule has 1 aromatic rings. The van der Waals surface area contributed by atoms with Crippen molar-refractivity contribution in [3.8, 4) is 0 Å². The molecule has 1 aliphatic heterocycles. The highest BCUT2D eigenvalue weighted by Crippen LogP contribution is 2.24. The lowest BCUT2D eigenvalue weighted by Crippen LogP contribution is -2.40. The van der Waals surface area contributed by atoms with Gasteiger partial charge in [-0.1, -0.05) is 13.3 Å². The fourth-order valence-electron chi connectivity index (χ4n) is 2.33. The molecule has 3 nitrogen and oxygen atoms in total. The van der Waals surface area contributed by atoms with Crippen molar-refractivity contribution in [3.05, 3.63) is 12.4 Å². The zero-order valence-electron chi connectivity index (χ0n) is 8.87. The summed E-state index contributed by atoms with van der Waals surface area (Å²) in [6, 6.07) is 0.708. The highest BCUT2D eigenvalue weighted by atomic mass is 15.3. The summed E-state index contributed by atoms with van der Waals surface area (Å²) in [7, 11) is 0. The summed E-state index contributed by atoms with van der Waals surface area (Å²) in [5.41, 5.74) is 0. The Balaban J connectivity index is 2.06. The maximum absolute atomic E-state index is 4.34. The quantitative estimate of drug-likeness (QED) is 0.800. The van der Waals surface area contributed by atoms with E-state index in [9.17, 15) is 0 Å². The van der Waals surface area contributed by atoms with E-state index in [1.54, 1.807) is 0 Å². The van der Waals surface area contributed by atoms with Gasteiger partial charge in [0.05, 0.1) is 0 Å². The van der Waals surface area contributed by atoms with E-state index in [0.717, 1.165) is 12.5 Å². The van der Waals surface area contributed by atoms with Crippen LogP contribution in [0.2, 0.25) is 0 Å². The summed E-state index contributed by atoms with van der Waals surface area (Å²) >= 11 is 0. The molecule has 1 aromatic heterocycles. The summed E-state index contributed by atoms with van der Waals surface area (Å²) in [4.78, 5) is 9.99. The summed E-state index contributed by atoms with van der Waals surface area (Å²) in [6.07, 6.45) is 10.3. The summed E-state index contributed by atoms with van der Waals surface area (Å²) in [6.45, 7) is 3.42. The van der Waals surface area contributed by atoms with Crippen LogP contribution in [0.4, 0.5) is 5.95 Å².